The molecule has 0 aliphatic heterocycles. The topological polar surface area (TPSA) is 64.7 Å². The quantitative estimate of drug-likeness (QED) is 0.938. The summed E-state index contributed by atoms with van der Waals surface area (Å²) in [7, 11) is 0. The number of halogens is 1. The van der Waals surface area contributed by atoms with Gasteiger partial charge in [0.15, 0.2) is 5.82 Å². The van der Waals surface area contributed by atoms with Crippen molar-refractivity contribution in [3.8, 4) is 11.3 Å². The summed E-state index contributed by atoms with van der Waals surface area (Å²) >= 11 is 3.50. The van der Waals surface area contributed by atoms with Gasteiger partial charge in [-0.05, 0) is 19.0 Å². The molecule has 0 saturated heterocycles. The Morgan fingerprint density at radius 1 is 1.24 bits per heavy atom. The van der Waals surface area contributed by atoms with Crippen LogP contribution in [0.4, 0.5) is 0 Å². The van der Waals surface area contributed by atoms with Crippen molar-refractivity contribution >= 4 is 15.9 Å². The van der Waals surface area contributed by atoms with Crippen LogP contribution in [0.25, 0.3) is 11.3 Å². The molecule has 0 aliphatic rings. The van der Waals surface area contributed by atoms with Crippen molar-refractivity contribution < 1.29 is 0 Å². The fourth-order valence-electron chi connectivity index (χ4n) is 1.51. The predicted molar refractivity (Wildman–Crippen MR) is 70.3 cm³/mol. The molecule has 0 radical (unpaired) electrons. The summed E-state index contributed by atoms with van der Waals surface area (Å²) in [5, 5.41) is 7.98. The lowest BCUT2D eigenvalue weighted by molar-refractivity contribution is 0.753. The highest BCUT2D eigenvalue weighted by Gasteiger charge is 2.06. The fraction of sp³-hybridized carbons (Fsp3) is 0.250. The summed E-state index contributed by atoms with van der Waals surface area (Å²) in [4.78, 5) is 4.48. The molecule has 0 fully saturated rings. The highest BCUT2D eigenvalue weighted by molar-refractivity contribution is 9.10. The molecule has 88 valence electrons. The molecule has 0 bridgehead atoms. The predicted octanol–water partition coefficient (Wildman–Crippen LogP) is 2.19. The molecule has 0 aliphatic carbocycles. The lowest BCUT2D eigenvalue weighted by Crippen LogP contribution is -2.04. The maximum Gasteiger partial charge on any atom is 0.151 e. The molecule has 1 heterocycles. The minimum Gasteiger partial charge on any atom is -0.330 e. The van der Waals surface area contributed by atoms with Gasteiger partial charge in [0.05, 0.1) is 11.9 Å². The summed E-state index contributed by atoms with van der Waals surface area (Å²) in [6.07, 6.45) is 3.31. The Morgan fingerprint density at radius 3 is 2.82 bits per heavy atom. The summed E-state index contributed by atoms with van der Waals surface area (Å²) in [6, 6.07) is 7.93. The average Bonchev–Trinajstić information content (AvgIpc) is 2.37. The van der Waals surface area contributed by atoms with Gasteiger partial charge in [0, 0.05) is 16.5 Å². The number of aryl methyl sites for hydroxylation is 1. The van der Waals surface area contributed by atoms with Crippen LogP contribution in [0.5, 0.6) is 0 Å². The van der Waals surface area contributed by atoms with Gasteiger partial charge in [-0.1, -0.05) is 34.1 Å². The van der Waals surface area contributed by atoms with E-state index in [9.17, 15) is 0 Å². The molecule has 0 saturated carbocycles. The van der Waals surface area contributed by atoms with Gasteiger partial charge in [0.25, 0.3) is 0 Å². The minimum atomic E-state index is 0.641. The van der Waals surface area contributed by atoms with E-state index in [1.807, 2.05) is 24.3 Å². The molecule has 5 heteroatoms. The van der Waals surface area contributed by atoms with Crippen molar-refractivity contribution in [2.24, 2.45) is 5.73 Å². The van der Waals surface area contributed by atoms with Crippen molar-refractivity contribution in [3.63, 3.8) is 0 Å². The molecule has 0 unspecified atom stereocenters. The minimum absolute atomic E-state index is 0.641. The first kappa shape index (κ1) is 12.1. The van der Waals surface area contributed by atoms with E-state index >= 15 is 0 Å². The van der Waals surface area contributed by atoms with Gasteiger partial charge < -0.3 is 5.73 Å². The van der Waals surface area contributed by atoms with Gasteiger partial charge in [0.2, 0.25) is 0 Å². The number of nitrogens with zero attached hydrogens (tertiary/aromatic N) is 3. The molecule has 17 heavy (non-hydrogen) atoms. The van der Waals surface area contributed by atoms with E-state index in [1.54, 1.807) is 6.20 Å². The van der Waals surface area contributed by atoms with Crippen LogP contribution in [-0.2, 0) is 6.42 Å². The van der Waals surface area contributed by atoms with Crippen LogP contribution in [-0.4, -0.2) is 21.7 Å². The second-order valence-electron chi connectivity index (χ2n) is 3.63. The third kappa shape index (κ3) is 3.08. The Kier molecular flexibility index (Phi) is 4.17. The molecule has 4 nitrogen and oxygen atoms in total. The fourth-order valence-corrected chi connectivity index (χ4v) is 1.99. The highest BCUT2D eigenvalue weighted by atomic mass is 79.9. The molecule has 1 aromatic carbocycles. The lowest BCUT2D eigenvalue weighted by atomic mass is 10.2. The number of nitrogens with two attached hydrogens (primary N) is 1. The maximum atomic E-state index is 5.47. The smallest absolute Gasteiger partial charge is 0.151 e. The summed E-state index contributed by atoms with van der Waals surface area (Å²) < 4.78 is 1.00. The van der Waals surface area contributed by atoms with Gasteiger partial charge in [-0.25, -0.2) is 4.98 Å². The zero-order chi connectivity index (χ0) is 12.1. The average molecular weight is 293 g/mol. The number of rotatable bonds is 4. The Hall–Kier alpha value is -1.33. The summed E-state index contributed by atoms with van der Waals surface area (Å²) in [5.41, 5.74) is 7.32. The number of aromatic nitrogens is 3. The van der Waals surface area contributed by atoms with E-state index in [-0.39, 0.29) is 0 Å². The van der Waals surface area contributed by atoms with Gasteiger partial charge in [-0.3, -0.25) is 0 Å². The Morgan fingerprint density at radius 2 is 2.06 bits per heavy atom. The van der Waals surface area contributed by atoms with E-state index in [4.69, 9.17) is 5.73 Å². The molecule has 1 aromatic heterocycles. The standard InChI is InChI=1S/C12H13BrN4/c13-10-5-2-1-4-9(10)11-8-15-17-12(16-11)6-3-7-14/h1-2,4-5,8H,3,6-7,14H2. The van der Waals surface area contributed by atoms with E-state index in [0.29, 0.717) is 6.54 Å². The zero-order valence-electron chi connectivity index (χ0n) is 9.31. The van der Waals surface area contributed by atoms with Crippen molar-refractivity contribution in [3.05, 3.63) is 40.8 Å². The molecule has 0 atom stereocenters. The Balaban J connectivity index is 2.30. The van der Waals surface area contributed by atoms with Gasteiger partial charge in [-0.2, -0.15) is 5.10 Å². The summed E-state index contributed by atoms with van der Waals surface area (Å²) in [6.45, 7) is 0.641. The zero-order valence-corrected chi connectivity index (χ0v) is 10.9. The third-order valence-corrected chi connectivity index (χ3v) is 3.05. The number of hydrogen-bond donors (Lipinski definition) is 1. The largest absolute Gasteiger partial charge is 0.330 e. The molecule has 2 rings (SSSR count). The van der Waals surface area contributed by atoms with Crippen molar-refractivity contribution in [1.82, 2.24) is 15.2 Å². The van der Waals surface area contributed by atoms with E-state index in [0.717, 1.165) is 34.4 Å². The van der Waals surface area contributed by atoms with E-state index in [1.165, 1.54) is 0 Å². The van der Waals surface area contributed by atoms with Crippen molar-refractivity contribution in [2.45, 2.75) is 12.8 Å². The van der Waals surface area contributed by atoms with Crippen LogP contribution in [0, 0.1) is 0 Å². The van der Waals surface area contributed by atoms with Gasteiger partial charge in [0.1, 0.15) is 0 Å². The normalized spacial score (nSPS) is 10.5. The first-order chi connectivity index (χ1) is 8.31. The van der Waals surface area contributed by atoms with Crippen LogP contribution in [0.2, 0.25) is 0 Å². The summed E-state index contributed by atoms with van der Waals surface area (Å²) in [5.74, 6) is 0.740. The maximum absolute atomic E-state index is 5.47. The molecule has 2 aromatic rings. The molecule has 2 N–H and O–H groups in total. The number of benzene rings is 1. The first-order valence-corrected chi connectivity index (χ1v) is 6.24. The second kappa shape index (κ2) is 5.84. The molecule has 0 amide bonds. The number of hydrogen-bond acceptors (Lipinski definition) is 4. The van der Waals surface area contributed by atoms with Gasteiger partial charge in [-0.15, -0.1) is 5.10 Å². The Labute approximate surface area is 108 Å². The van der Waals surface area contributed by atoms with Gasteiger partial charge >= 0.3 is 0 Å². The van der Waals surface area contributed by atoms with Crippen LogP contribution in [0.3, 0.4) is 0 Å². The lowest BCUT2D eigenvalue weighted by Gasteiger charge is -2.04. The third-order valence-electron chi connectivity index (χ3n) is 2.36. The molecule has 0 spiro atoms. The molecular weight excluding hydrogens is 280 g/mol. The van der Waals surface area contributed by atoms with Crippen LogP contribution < -0.4 is 5.73 Å². The van der Waals surface area contributed by atoms with E-state index < -0.39 is 0 Å². The van der Waals surface area contributed by atoms with E-state index in [2.05, 4.69) is 31.1 Å². The van der Waals surface area contributed by atoms with Crippen molar-refractivity contribution in [2.75, 3.05) is 6.54 Å². The highest BCUT2D eigenvalue weighted by Crippen LogP contribution is 2.25. The van der Waals surface area contributed by atoms with Crippen molar-refractivity contribution in [1.29, 1.82) is 0 Å². The van der Waals surface area contributed by atoms with Crippen LogP contribution >= 0.6 is 15.9 Å². The second-order valence-corrected chi connectivity index (χ2v) is 4.48. The SMILES string of the molecule is NCCCc1nncc(-c2ccccc2Br)n1. The molecular formula is C12H13BrN4. The van der Waals surface area contributed by atoms with Crippen LogP contribution in [0.15, 0.2) is 34.9 Å². The first-order valence-electron chi connectivity index (χ1n) is 5.45. The monoisotopic (exact) mass is 292 g/mol. The Bertz CT molecular complexity index is 501. The van der Waals surface area contributed by atoms with Crippen LogP contribution in [0.1, 0.15) is 12.2 Å².